The van der Waals surface area contributed by atoms with Gasteiger partial charge in [-0.25, -0.2) is 4.79 Å². The molecule has 3 N–H and O–H groups in total. The minimum absolute atomic E-state index is 0. The van der Waals surface area contributed by atoms with E-state index >= 15 is 0 Å². The van der Waals surface area contributed by atoms with Gasteiger partial charge in [-0.1, -0.05) is 48.5 Å². The van der Waals surface area contributed by atoms with Crippen LogP contribution in [0.4, 0.5) is 10.5 Å². The number of likely N-dealkylation sites (tertiary alicyclic amines) is 1. The Bertz CT molecular complexity index is 1140. The smallest absolute Gasteiger partial charge is 0.411 e. The number of nitrogens with zero attached hydrogens (tertiary/aromatic N) is 1. The number of ketones is 1. The molecule has 1 aliphatic heterocycles. The van der Waals surface area contributed by atoms with Gasteiger partial charge in [-0.05, 0) is 57.5 Å². The number of carbonyl (C=O) groups excluding carboxylic acids is 4. The van der Waals surface area contributed by atoms with E-state index in [9.17, 15) is 19.2 Å². The Morgan fingerprint density at radius 3 is 2.04 bits per heavy atom. The summed E-state index contributed by atoms with van der Waals surface area (Å²) in [5.41, 5.74) is 2.70. The van der Waals surface area contributed by atoms with Gasteiger partial charge in [0.1, 0.15) is 11.9 Å². The van der Waals surface area contributed by atoms with Crippen LogP contribution in [0.1, 0.15) is 44.9 Å². The normalized spacial score (nSPS) is 13.0. The highest BCUT2D eigenvalue weighted by Crippen LogP contribution is 2.28. The molecule has 0 bridgehead atoms. The van der Waals surface area contributed by atoms with Crippen LogP contribution in [0.5, 0.6) is 0 Å². The standard InChI is InChI=1S/C27H35N3O5.C6H13NO2.ClH/c1-34-26(32)12-7-16-28-20-22(31)13-17-30-18-14-23(15-19-30)35-27(33)29-25-11-6-5-10-24(25)21-8-3-2-4-9-21;1-7-5-3-4-6(8)9-2;/h2-6,8-11,23,28H,7,12-20H2,1H3,(H,29,33);7H,3-5H2,1-2H3;1H. The third-order valence-electron chi connectivity index (χ3n) is 7.08. The third kappa shape index (κ3) is 16.9. The molecular weight excluding hydrogens is 600 g/mol. The Morgan fingerprint density at radius 2 is 1.42 bits per heavy atom. The second-order valence-electron chi connectivity index (χ2n) is 10.4. The van der Waals surface area contributed by atoms with Crippen molar-refractivity contribution < 1.29 is 33.4 Å². The second kappa shape index (κ2) is 23.8. The molecule has 0 radical (unpaired) electrons. The highest BCUT2D eigenvalue weighted by atomic mass is 35.5. The van der Waals surface area contributed by atoms with Crippen molar-refractivity contribution in [2.45, 2.75) is 51.0 Å². The number of amides is 1. The summed E-state index contributed by atoms with van der Waals surface area (Å²) in [5.74, 6) is -0.219. The van der Waals surface area contributed by atoms with E-state index in [4.69, 9.17) is 4.74 Å². The molecule has 2 aromatic rings. The highest BCUT2D eigenvalue weighted by molar-refractivity contribution is 5.91. The molecule has 0 aromatic heterocycles. The Kier molecular flexibility index (Phi) is 20.9. The zero-order valence-electron chi connectivity index (χ0n) is 26.7. The van der Waals surface area contributed by atoms with Crippen molar-refractivity contribution in [3.05, 3.63) is 54.6 Å². The van der Waals surface area contributed by atoms with E-state index in [0.717, 1.165) is 55.7 Å². The number of Topliss-reactive ketones (excluding diaryl/α,β-unsaturated/α-hetero) is 1. The van der Waals surface area contributed by atoms with Gasteiger partial charge in [-0.15, -0.1) is 12.4 Å². The van der Waals surface area contributed by atoms with Crippen LogP contribution in [-0.2, 0) is 28.6 Å². The first kappa shape index (κ1) is 39.5. The van der Waals surface area contributed by atoms with E-state index in [1.165, 1.54) is 14.2 Å². The lowest BCUT2D eigenvalue weighted by Crippen LogP contribution is -2.39. The fraction of sp³-hybridized carbons (Fsp3) is 0.515. The Morgan fingerprint density at radius 1 is 0.822 bits per heavy atom. The van der Waals surface area contributed by atoms with Gasteiger partial charge in [0.25, 0.3) is 0 Å². The van der Waals surface area contributed by atoms with Gasteiger partial charge in [0.05, 0.1) is 26.5 Å². The number of nitrogens with one attached hydrogen (secondary N) is 3. The molecule has 0 atom stereocenters. The zero-order valence-corrected chi connectivity index (χ0v) is 27.5. The van der Waals surface area contributed by atoms with Gasteiger partial charge in [0, 0.05) is 44.5 Å². The summed E-state index contributed by atoms with van der Waals surface area (Å²) in [6.45, 7) is 4.07. The van der Waals surface area contributed by atoms with Crippen LogP contribution >= 0.6 is 12.4 Å². The number of methoxy groups -OCH3 is 2. The molecule has 0 saturated carbocycles. The number of esters is 2. The maximum Gasteiger partial charge on any atom is 0.411 e. The molecule has 45 heavy (non-hydrogen) atoms. The first-order chi connectivity index (χ1) is 21.4. The number of hydrogen-bond acceptors (Lipinski definition) is 10. The van der Waals surface area contributed by atoms with Crippen molar-refractivity contribution in [3.63, 3.8) is 0 Å². The monoisotopic (exact) mass is 648 g/mol. The maximum absolute atomic E-state index is 12.5. The Hall–Kier alpha value is -3.51. The van der Waals surface area contributed by atoms with Crippen molar-refractivity contribution in [2.75, 3.05) is 65.9 Å². The Labute approximate surface area is 273 Å². The van der Waals surface area contributed by atoms with Crippen molar-refractivity contribution in [1.29, 1.82) is 0 Å². The van der Waals surface area contributed by atoms with Crippen molar-refractivity contribution >= 4 is 41.9 Å². The molecule has 12 heteroatoms. The number of carbonyl (C=O) groups is 4. The largest absolute Gasteiger partial charge is 0.469 e. The molecule has 0 spiro atoms. The van der Waals surface area contributed by atoms with E-state index in [1.54, 1.807) is 0 Å². The number of ether oxygens (including phenoxy) is 3. The molecule has 0 unspecified atom stereocenters. The SMILES string of the molecule is CNCCCC(=O)OC.COC(=O)CCCNCC(=O)CCN1CCC(OC(=O)Nc2ccccc2-c2ccccc2)CC1.Cl. The van der Waals surface area contributed by atoms with E-state index in [2.05, 4.69) is 30.3 Å². The Balaban J connectivity index is 0.000000882. The lowest BCUT2D eigenvalue weighted by atomic mass is 10.0. The minimum atomic E-state index is -0.444. The van der Waals surface area contributed by atoms with Gasteiger partial charge in [-0.2, -0.15) is 0 Å². The van der Waals surface area contributed by atoms with E-state index < -0.39 is 6.09 Å². The minimum Gasteiger partial charge on any atom is -0.469 e. The van der Waals surface area contributed by atoms with Crippen LogP contribution in [0.15, 0.2) is 54.6 Å². The first-order valence-corrected chi connectivity index (χ1v) is 15.2. The van der Waals surface area contributed by atoms with Crippen LogP contribution in [0, 0.1) is 0 Å². The summed E-state index contributed by atoms with van der Waals surface area (Å²) in [5, 5.41) is 8.91. The molecule has 1 saturated heterocycles. The molecule has 250 valence electrons. The number of anilines is 1. The maximum atomic E-state index is 12.5. The average Bonchev–Trinajstić information content (AvgIpc) is 3.05. The van der Waals surface area contributed by atoms with Gasteiger partial charge in [0.15, 0.2) is 0 Å². The summed E-state index contributed by atoms with van der Waals surface area (Å²) in [6, 6.07) is 17.6. The molecule has 3 rings (SSSR count). The molecule has 1 aliphatic rings. The van der Waals surface area contributed by atoms with Crippen molar-refractivity contribution in [3.8, 4) is 11.1 Å². The summed E-state index contributed by atoms with van der Waals surface area (Å²) >= 11 is 0. The molecule has 11 nitrogen and oxygen atoms in total. The highest BCUT2D eigenvalue weighted by Gasteiger charge is 2.23. The van der Waals surface area contributed by atoms with Gasteiger partial charge >= 0.3 is 18.0 Å². The summed E-state index contributed by atoms with van der Waals surface area (Å²) in [7, 11) is 4.63. The van der Waals surface area contributed by atoms with Crippen molar-refractivity contribution in [2.24, 2.45) is 0 Å². The van der Waals surface area contributed by atoms with Crippen LogP contribution < -0.4 is 16.0 Å². The third-order valence-corrected chi connectivity index (χ3v) is 7.08. The predicted octanol–water partition coefficient (Wildman–Crippen LogP) is 4.45. The number of rotatable bonds is 16. The first-order valence-electron chi connectivity index (χ1n) is 15.2. The number of benzene rings is 2. The summed E-state index contributed by atoms with van der Waals surface area (Å²) in [6.07, 6.45) is 3.75. The van der Waals surface area contributed by atoms with Gasteiger partial charge in [-0.3, -0.25) is 19.7 Å². The second-order valence-corrected chi connectivity index (χ2v) is 10.4. The number of hydrogen-bond donors (Lipinski definition) is 3. The number of para-hydroxylation sites is 1. The topological polar surface area (TPSA) is 135 Å². The van der Waals surface area contributed by atoms with E-state index in [1.807, 2.05) is 61.6 Å². The van der Waals surface area contributed by atoms with Crippen molar-refractivity contribution in [1.82, 2.24) is 15.5 Å². The zero-order chi connectivity index (χ0) is 32.0. The molecular formula is C33H49ClN4O7. The molecule has 1 fully saturated rings. The van der Waals surface area contributed by atoms with Gasteiger partial charge < -0.3 is 29.7 Å². The average molecular weight is 649 g/mol. The van der Waals surface area contributed by atoms with E-state index in [-0.39, 0.29) is 36.2 Å². The molecule has 1 heterocycles. The van der Waals surface area contributed by atoms with Crippen LogP contribution in [0.3, 0.4) is 0 Å². The fourth-order valence-electron chi connectivity index (χ4n) is 4.57. The lowest BCUT2D eigenvalue weighted by molar-refractivity contribution is -0.141. The molecule has 1 amide bonds. The quantitative estimate of drug-likeness (QED) is 0.136. The summed E-state index contributed by atoms with van der Waals surface area (Å²) < 4.78 is 14.7. The van der Waals surface area contributed by atoms with E-state index in [0.29, 0.717) is 45.3 Å². The summed E-state index contributed by atoms with van der Waals surface area (Å²) in [4.78, 5) is 48.4. The number of halogens is 1. The fourth-order valence-corrected chi connectivity index (χ4v) is 4.57. The van der Waals surface area contributed by atoms with Crippen LogP contribution in [0.2, 0.25) is 0 Å². The van der Waals surface area contributed by atoms with Gasteiger partial charge in [0.2, 0.25) is 0 Å². The van der Waals surface area contributed by atoms with Crippen LogP contribution in [0.25, 0.3) is 11.1 Å². The molecule has 2 aromatic carbocycles. The lowest BCUT2D eigenvalue weighted by Gasteiger charge is -2.31. The van der Waals surface area contributed by atoms with Crippen LogP contribution in [-0.4, -0.2) is 95.4 Å². The number of piperidine rings is 1. The predicted molar refractivity (Wildman–Crippen MR) is 178 cm³/mol. The molecule has 0 aliphatic carbocycles.